The predicted octanol–water partition coefficient (Wildman–Crippen LogP) is 2.04. The number of carbonyl (C=O) groups is 1. The molecule has 0 saturated carbocycles. The van der Waals surface area contributed by atoms with E-state index in [0.29, 0.717) is 11.4 Å². The Morgan fingerprint density at radius 1 is 1.12 bits per heavy atom. The Bertz CT molecular complexity index is 480. The van der Waals surface area contributed by atoms with Gasteiger partial charge >= 0.3 is 0 Å². The normalized spacial score (nSPS) is 9.75. The molecule has 0 aliphatic rings. The molecule has 0 aliphatic heterocycles. The van der Waals surface area contributed by atoms with Crippen molar-refractivity contribution in [3.8, 4) is 5.75 Å². The molecule has 4 heteroatoms. The van der Waals surface area contributed by atoms with E-state index in [9.17, 15) is 4.79 Å². The number of amides is 1. The zero-order valence-corrected chi connectivity index (χ0v) is 8.42. The molecular weight excluding hydrogens is 204 g/mol. The summed E-state index contributed by atoms with van der Waals surface area (Å²) in [6.07, 6.45) is 1.60. The number of phenolic OH excluding ortho intramolecular Hbond substituents is 1. The molecule has 1 aromatic carbocycles. The molecular formula is C12H10N2O2. The number of pyridine rings is 1. The summed E-state index contributed by atoms with van der Waals surface area (Å²) in [4.78, 5) is 15.7. The SMILES string of the molecule is O=C(Nc1ccccn1)c1ccc(O)cc1. The van der Waals surface area contributed by atoms with Gasteiger partial charge in [-0.3, -0.25) is 4.79 Å². The highest BCUT2D eigenvalue weighted by atomic mass is 16.3. The van der Waals surface area contributed by atoms with Gasteiger partial charge in [0.2, 0.25) is 0 Å². The zero-order valence-electron chi connectivity index (χ0n) is 8.42. The maximum atomic E-state index is 11.7. The van der Waals surface area contributed by atoms with E-state index in [1.807, 2.05) is 0 Å². The van der Waals surface area contributed by atoms with Crippen LogP contribution in [0, 0.1) is 0 Å². The number of aromatic nitrogens is 1. The number of anilines is 1. The van der Waals surface area contributed by atoms with Crippen LogP contribution in [-0.4, -0.2) is 16.0 Å². The lowest BCUT2D eigenvalue weighted by atomic mass is 10.2. The first kappa shape index (κ1) is 10.2. The van der Waals surface area contributed by atoms with Crippen LogP contribution in [0.15, 0.2) is 48.7 Å². The van der Waals surface area contributed by atoms with E-state index in [4.69, 9.17) is 5.11 Å². The monoisotopic (exact) mass is 214 g/mol. The first-order valence-corrected chi connectivity index (χ1v) is 4.77. The summed E-state index contributed by atoms with van der Waals surface area (Å²) in [5.74, 6) is 0.383. The van der Waals surface area contributed by atoms with E-state index in [-0.39, 0.29) is 11.7 Å². The first-order chi connectivity index (χ1) is 7.75. The average molecular weight is 214 g/mol. The third kappa shape index (κ3) is 2.36. The molecule has 0 radical (unpaired) electrons. The van der Waals surface area contributed by atoms with Crippen molar-refractivity contribution >= 4 is 11.7 Å². The van der Waals surface area contributed by atoms with Crippen LogP contribution in [-0.2, 0) is 0 Å². The largest absolute Gasteiger partial charge is 0.508 e. The molecule has 0 saturated heterocycles. The van der Waals surface area contributed by atoms with Crippen molar-refractivity contribution in [3.05, 3.63) is 54.2 Å². The Balaban J connectivity index is 2.12. The summed E-state index contributed by atoms with van der Waals surface area (Å²) in [5, 5.41) is 11.7. The molecule has 1 aromatic heterocycles. The number of rotatable bonds is 2. The van der Waals surface area contributed by atoms with Gasteiger partial charge in [0, 0.05) is 11.8 Å². The van der Waals surface area contributed by atoms with Crippen LogP contribution in [0.4, 0.5) is 5.82 Å². The second-order valence-corrected chi connectivity index (χ2v) is 3.22. The predicted molar refractivity (Wildman–Crippen MR) is 60.3 cm³/mol. The molecule has 0 aliphatic carbocycles. The van der Waals surface area contributed by atoms with Gasteiger partial charge in [-0.25, -0.2) is 4.98 Å². The van der Waals surface area contributed by atoms with Crippen molar-refractivity contribution in [3.63, 3.8) is 0 Å². The van der Waals surface area contributed by atoms with Crippen LogP contribution in [0.3, 0.4) is 0 Å². The van der Waals surface area contributed by atoms with E-state index in [1.54, 1.807) is 36.5 Å². The Kier molecular flexibility index (Phi) is 2.82. The quantitative estimate of drug-likeness (QED) is 0.804. The molecule has 80 valence electrons. The fraction of sp³-hybridized carbons (Fsp3) is 0. The minimum absolute atomic E-state index is 0.134. The molecule has 0 spiro atoms. The van der Waals surface area contributed by atoms with Crippen molar-refractivity contribution in [2.24, 2.45) is 0 Å². The summed E-state index contributed by atoms with van der Waals surface area (Å²) in [7, 11) is 0. The van der Waals surface area contributed by atoms with Crippen LogP contribution in [0.25, 0.3) is 0 Å². The van der Waals surface area contributed by atoms with Gasteiger partial charge in [-0.15, -0.1) is 0 Å². The Morgan fingerprint density at radius 3 is 2.50 bits per heavy atom. The maximum Gasteiger partial charge on any atom is 0.256 e. The van der Waals surface area contributed by atoms with Crippen molar-refractivity contribution in [2.75, 3.05) is 5.32 Å². The second kappa shape index (κ2) is 4.44. The molecule has 0 fully saturated rings. The number of hydrogen-bond donors (Lipinski definition) is 2. The van der Waals surface area contributed by atoms with Crippen LogP contribution in [0.1, 0.15) is 10.4 Å². The van der Waals surface area contributed by atoms with Gasteiger partial charge in [-0.1, -0.05) is 6.07 Å². The summed E-state index contributed by atoms with van der Waals surface area (Å²) < 4.78 is 0. The number of aromatic hydroxyl groups is 1. The molecule has 2 rings (SSSR count). The smallest absolute Gasteiger partial charge is 0.256 e. The van der Waals surface area contributed by atoms with Crippen LogP contribution >= 0.6 is 0 Å². The lowest BCUT2D eigenvalue weighted by molar-refractivity contribution is 0.102. The van der Waals surface area contributed by atoms with E-state index in [0.717, 1.165) is 0 Å². The van der Waals surface area contributed by atoms with Gasteiger partial charge in [0.05, 0.1) is 0 Å². The second-order valence-electron chi connectivity index (χ2n) is 3.22. The zero-order chi connectivity index (χ0) is 11.4. The standard InChI is InChI=1S/C12H10N2O2/c15-10-6-4-9(5-7-10)12(16)14-11-3-1-2-8-13-11/h1-8,15H,(H,13,14,16). The Labute approximate surface area is 92.6 Å². The van der Waals surface area contributed by atoms with Crippen molar-refractivity contribution in [2.45, 2.75) is 0 Å². The summed E-state index contributed by atoms with van der Waals surface area (Å²) >= 11 is 0. The van der Waals surface area contributed by atoms with Gasteiger partial charge in [0.25, 0.3) is 5.91 Å². The van der Waals surface area contributed by atoms with E-state index in [1.165, 1.54) is 12.1 Å². The molecule has 0 unspecified atom stereocenters. The fourth-order valence-electron chi connectivity index (χ4n) is 1.24. The lowest BCUT2D eigenvalue weighted by Gasteiger charge is -2.03. The third-order valence-corrected chi connectivity index (χ3v) is 2.04. The molecule has 2 aromatic rings. The number of carbonyl (C=O) groups excluding carboxylic acids is 1. The number of hydrogen-bond acceptors (Lipinski definition) is 3. The Morgan fingerprint density at radius 2 is 1.88 bits per heavy atom. The molecule has 0 atom stereocenters. The first-order valence-electron chi connectivity index (χ1n) is 4.77. The van der Waals surface area contributed by atoms with Gasteiger partial charge < -0.3 is 10.4 Å². The highest BCUT2D eigenvalue weighted by Gasteiger charge is 2.05. The van der Waals surface area contributed by atoms with E-state index >= 15 is 0 Å². The van der Waals surface area contributed by atoms with Gasteiger partial charge in [-0.2, -0.15) is 0 Å². The minimum Gasteiger partial charge on any atom is -0.508 e. The van der Waals surface area contributed by atoms with Crippen LogP contribution < -0.4 is 5.32 Å². The Hall–Kier alpha value is -2.36. The van der Waals surface area contributed by atoms with Crippen molar-refractivity contribution < 1.29 is 9.90 Å². The molecule has 4 nitrogen and oxygen atoms in total. The summed E-state index contributed by atoms with van der Waals surface area (Å²) in [6, 6.07) is 11.3. The van der Waals surface area contributed by atoms with Gasteiger partial charge in [0.1, 0.15) is 11.6 Å². The lowest BCUT2D eigenvalue weighted by Crippen LogP contribution is -2.12. The number of phenols is 1. The fourth-order valence-corrected chi connectivity index (χ4v) is 1.24. The van der Waals surface area contributed by atoms with E-state index < -0.39 is 0 Å². The summed E-state index contributed by atoms with van der Waals surface area (Å²) in [5.41, 5.74) is 0.475. The maximum absolute atomic E-state index is 11.7. The third-order valence-electron chi connectivity index (χ3n) is 2.04. The number of nitrogens with zero attached hydrogens (tertiary/aromatic N) is 1. The van der Waals surface area contributed by atoms with E-state index in [2.05, 4.69) is 10.3 Å². The molecule has 16 heavy (non-hydrogen) atoms. The van der Waals surface area contributed by atoms with Crippen molar-refractivity contribution in [1.82, 2.24) is 4.98 Å². The molecule has 1 heterocycles. The topological polar surface area (TPSA) is 62.2 Å². The highest BCUT2D eigenvalue weighted by molar-refractivity contribution is 6.03. The van der Waals surface area contributed by atoms with Crippen molar-refractivity contribution in [1.29, 1.82) is 0 Å². The minimum atomic E-state index is -0.251. The van der Waals surface area contributed by atoms with Gasteiger partial charge in [-0.05, 0) is 36.4 Å². The molecule has 2 N–H and O–H groups in total. The van der Waals surface area contributed by atoms with Crippen LogP contribution in [0.5, 0.6) is 5.75 Å². The number of benzene rings is 1. The number of nitrogens with one attached hydrogen (secondary N) is 1. The van der Waals surface area contributed by atoms with Gasteiger partial charge in [0.15, 0.2) is 0 Å². The molecule has 0 bridgehead atoms. The highest BCUT2D eigenvalue weighted by Crippen LogP contribution is 2.11. The average Bonchev–Trinajstić information content (AvgIpc) is 2.31. The summed E-state index contributed by atoms with van der Waals surface area (Å²) in [6.45, 7) is 0. The molecule has 1 amide bonds. The van der Waals surface area contributed by atoms with Crippen LogP contribution in [0.2, 0.25) is 0 Å².